The van der Waals surface area contributed by atoms with Gasteiger partial charge < -0.3 is 34.3 Å². The van der Waals surface area contributed by atoms with Crippen molar-refractivity contribution in [3.8, 4) is 0 Å². The molecule has 0 radical (unpaired) electrons. The van der Waals surface area contributed by atoms with Crippen molar-refractivity contribution in [2.45, 2.75) is 36.8 Å². The lowest BCUT2D eigenvalue weighted by Gasteiger charge is -2.40. The van der Waals surface area contributed by atoms with Gasteiger partial charge in [-0.15, -0.1) is 0 Å². The summed E-state index contributed by atoms with van der Waals surface area (Å²) < 4.78 is 49.6. The van der Waals surface area contributed by atoms with Gasteiger partial charge in [0.25, 0.3) is 23.1 Å². The summed E-state index contributed by atoms with van der Waals surface area (Å²) in [6, 6.07) is 0. The summed E-state index contributed by atoms with van der Waals surface area (Å²) >= 11 is 0. The molecule has 0 aromatic heterocycles. The van der Waals surface area contributed by atoms with Gasteiger partial charge in [0.1, 0.15) is 36.8 Å². The number of hydrogen-bond donors (Lipinski definition) is 4. The zero-order valence-corrected chi connectivity index (χ0v) is 13.0. The van der Waals surface area contributed by atoms with Gasteiger partial charge in [-0.3, -0.25) is 14.1 Å². The lowest BCUT2D eigenvalue weighted by molar-refractivity contribution is -0.296. The Labute approximate surface area is 136 Å². The number of aliphatic hydroxyl groups excluding tert-OH is 3. The number of carbonyl (C=O) groups excluding carboxylic acids is 2. The van der Waals surface area contributed by atoms with Gasteiger partial charge in [0.15, 0.2) is 12.4 Å². The summed E-state index contributed by atoms with van der Waals surface area (Å²) in [4.78, 5) is 20.4. The molecule has 1 aliphatic heterocycles. The van der Waals surface area contributed by atoms with Crippen molar-refractivity contribution in [3.05, 3.63) is 0 Å². The van der Waals surface area contributed by atoms with E-state index in [-0.39, 0.29) is 19.6 Å². The maximum absolute atomic E-state index is 10.9. The molecule has 0 bridgehead atoms. The van der Waals surface area contributed by atoms with Gasteiger partial charge in [0, 0.05) is 0 Å². The van der Waals surface area contributed by atoms with E-state index in [1.54, 1.807) is 0 Å². The van der Waals surface area contributed by atoms with Crippen molar-refractivity contribution in [2.75, 3.05) is 19.0 Å². The number of aliphatic hydroxyl groups is 3. The van der Waals surface area contributed by atoms with E-state index in [9.17, 15) is 33.3 Å². The van der Waals surface area contributed by atoms with E-state index in [4.69, 9.17) is 14.0 Å². The lowest BCUT2D eigenvalue weighted by atomic mass is 10.00. The molecular formula is C11H18O12S. The minimum atomic E-state index is -4.54. The van der Waals surface area contributed by atoms with Crippen LogP contribution in [0.1, 0.15) is 0 Å². The third-order valence-corrected chi connectivity index (χ3v) is 3.84. The van der Waals surface area contributed by atoms with E-state index in [0.29, 0.717) is 0 Å². The number of carbonyl (C=O) groups is 2. The second-order valence-electron chi connectivity index (χ2n) is 4.88. The summed E-state index contributed by atoms with van der Waals surface area (Å²) in [5.74, 6) is -1.04. The Kier molecular flexibility index (Phi) is 7.95. The summed E-state index contributed by atoms with van der Waals surface area (Å²) in [5, 5.41) is 29.1. The molecule has 0 aromatic rings. The molecule has 6 atom stereocenters. The second kappa shape index (κ2) is 9.22. The summed E-state index contributed by atoms with van der Waals surface area (Å²) in [6.45, 7) is -0.615. The van der Waals surface area contributed by atoms with E-state index in [1.807, 2.05) is 0 Å². The first kappa shape index (κ1) is 20.7. The van der Waals surface area contributed by atoms with Crippen LogP contribution in [0.25, 0.3) is 0 Å². The van der Waals surface area contributed by atoms with Crippen LogP contribution in [0.15, 0.2) is 0 Å². The molecule has 0 amide bonds. The molecule has 0 aromatic carbocycles. The van der Waals surface area contributed by atoms with Crippen molar-refractivity contribution in [1.29, 1.82) is 0 Å². The van der Waals surface area contributed by atoms with Crippen molar-refractivity contribution in [2.24, 2.45) is 0 Å². The predicted octanol–water partition coefficient (Wildman–Crippen LogP) is -3.59. The zero-order valence-electron chi connectivity index (χ0n) is 12.2. The Morgan fingerprint density at radius 2 is 1.71 bits per heavy atom. The first-order valence-corrected chi connectivity index (χ1v) is 8.21. The SMILES string of the molecule is O=COCC(COC1OC(CS(=O)(=O)O)C(O)C(O)C1O)OC=O. The normalized spacial score (nSPS) is 31.9. The van der Waals surface area contributed by atoms with E-state index in [2.05, 4.69) is 9.47 Å². The Morgan fingerprint density at radius 3 is 2.25 bits per heavy atom. The molecule has 0 spiro atoms. The van der Waals surface area contributed by atoms with Crippen molar-refractivity contribution in [3.63, 3.8) is 0 Å². The quantitative estimate of drug-likeness (QED) is 0.218. The van der Waals surface area contributed by atoms with Crippen molar-refractivity contribution < 1.29 is 56.8 Å². The Morgan fingerprint density at radius 1 is 1.04 bits per heavy atom. The molecule has 0 aliphatic carbocycles. The van der Waals surface area contributed by atoms with Crippen molar-refractivity contribution in [1.82, 2.24) is 0 Å². The molecule has 13 heteroatoms. The Bertz CT molecular complexity index is 507. The van der Waals surface area contributed by atoms with Crippen LogP contribution in [0.5, 0.6) is 0 Å². The highest BCUT2D eigenvalue weighted by Gasteiger charge is 2.45. The second-order valence-corrected chi connectivity index (χ2v) is 6.38. The van der Waals surface area contributed by atoms with Crippen LogP contribution in [0.2, 0.25) is 0 Å². The number of rotatable bonds is 10. The van der Waals surface area contributed by atoms with Crippen LogP contribution < -0.4 is 0 Å². The van der Waals surface area contributed by atoms with Gasteiger partial charge in [-0.05, 0) is 0 Å². The third kappa shape index (κ3) is 6.27. The van der Waals surface area contributed by atoms with Crippen molar-refractivity contribution >= 4 is 23.1 Å². The van der Waals surface area contributed by atoms with Crippen LogP contribution in [0.3, 0.4) is 0 Å². The molecule has 0 saturated carbocycles. The highest BCUT2D eigenvalue weighted by molar-refractivity contribution is 7.85. The zero-order chi connectivity index (χ0) is 18.3. The highest BCUT2D eigenvalue weighted by atomic mass is 32.2. The van der Waals surface area contributed by atoms with Gasteiger partial charge >= 0.3 is 0 Å². The number of ether oxygens (including phenoxy) is 4. The summed E-state index contributed by atoms with van der Waals surface area (Å²) in [7, 11) is -4.54. The van der Waals surface area contributed by atoms with Crippen LogP contribution >= 0.6 is 0 Å². The van der Waals surface area contributed by atoms with Gasteiger partial charge in [0.05, 0.1) is 6.61 Å². The molecule has 6 unspecified atom stereocenters. The fraction of sp³-hybridized carbons (Fsp3) is 0.818. The molecule has 1 rings (SSSR count). The molecule has 1 saturated heterocycles. The van der Waals surface area contributed by atoms with Crippen LogP contribution in [0, 0.1) is 0 Å². The Hall–Kier alpha value is -1.35. The topological polar surface area (TPSA) is 186 Å². The molecule has 1 fully saturated rings. The molecule has 24 heavy (non-hydrogen) atoms. The maximum atomic E-state index is 10.9. The highest BCUT2D eigenvalue weighted by Crippen LogP contribution is 2.23. The first-order chi connectivity index (χ1) is 11.2. The molecule has 140 valence electrons. The first-order valence-electron chi connectivity index (χ1n) is 6.60. The van der Waals surface area contributed by atoms with E-state index in [0.717, 1.165) is 0 Å². The van der Waals surface area contributed by atoms with E-state index >= 15 is 0 Å². The largest absolute Gasteiger partial charge is 0.464 e. The van der Waals surface area contributed by atoms with Crippen LogP contribution in [0.4, 0.5) is 0 Å². The summed E-state index contributed by atoms with van der Waals surface area (Å²) in [5.41, 5.74) is 0. The average Bonchev–Trinajstić information content (AvgIpc) is 2.50. The van der Waals surface area contributed by atoms with E-state index < -0.39 is 59.3 Å². The summed E-state index contributed by atoms with van der Waals surface area (Å²) in [6.07, 6.45) is -9.56. The van der Waals surface area contributed by atoms with Crippen LogP contribution in [-0.4, -0.2) is 97.0 Å². The minimum Gasteiger partial charge on any atom is -0.464 e. The standard InChI is InChI=1S/C11H18O12S/c12-4-20-1-6(22-5-13)2-21-11-10(16)9(15)8(14)7(23-11)3-24(17,18)19/h4-11,14-16H,1-3H2,(H,17,18,19). The molecule has 1 heterocycles. The van der Waals surface area contributed by atoms with Gasteiger partial charge in [-0.2, -0.15) is 8.42 Å². The molecule has 12 nitrogen and oxygen atoms in total. The monoisotopic (exact) mass is 374 g/mol. The smallest absolute Gasteiger partial charge is 0.293 e. The molecule has 1 aliphatic rings. The minimum absolute atomic E-state index is 0.0695. The van der Waals surface area contributed by atoms with Gasteiger partial charge in [-0.1, -0.05) is 0 Å². The fourth-order valence-electron chi connectivity index (χ4n) is 1.95. The molecule has 4 N–H and O–H groups in total. The third-order valence-electron chi connectivity index (χ3n) is 3.09. The van der Waals surface area contributed by atoms with Gasteiger partial charge in [-0.25, -0.2) is 0 Å². The van der Waals surface area contributed by atoms with Crippen LogP contribution in [-0.2, 0) is 38.7 Å². The number of hydrogen-bond acceptors (Lipinski definition) is 11. The lowest BCUT2D eigenvalue weighted by Crippen LogP contribution is -2.60. The maximum Gasteiger partial charge on any atom is 0.293 e. The van der Waals surface area contributed by atoms with E-state index in [1.165, 1.54) is 0 Å². The van der Waals surface area contributed by atoms with Gasteiger partial charge in [0.2, 0.25) is 0 Å². The fourth-order valence-corrected chi connectivity index (χ4v) is 2.64. The Balaban J connectivity index is 2.70. The predicted molar refractivity (Wildman–Crippen MR) is 72.0 cm³/mol. The molecular weight excluding hydrogens is 356 g/mol. The average molecular weight is 374 g/mol.